The monoisotopic (exact) mass is 374 g/mol. The van der Waals surface area contributed by atoms with Crippen LogP contribution in [0, 0.1) is 13.8 Å². The molecule has 0 unspecified atom stereocenters. The number of halogens is 1. The molecule has 0 aromatic heterocycles. The Bertz CT molecular complexity index is 730. The third-order valence-electron chi connectivity index (χ3n) is 4.94. The van der Waals surface area contributed by atoms with Crippen molar-refractivity contribution in [1.29, 1.82) is 0 Å². The molecule has 5 heteroatoms. The van der Waals surface area contributed by atoms with E-state index in [1.807, 2.05) is 36.4 Å². The van der Waals surface area contributed by atoms with Crippen LogP contribution in [0.3, 0.4) is 0 Å². The summed E-state index contributed by atoms with van der Waals surface area (Å²) in [4.78, 5) is 4.62. The van der Waals surface area contributed by atoms with Gasteiger partial charge in [0.1, 0.15) is 18.5 Å². The van der Waals surface area contributed by atoms with Gasteiger partial charge in [0.05, 0.1) is 0 Å². The SMILES string of the molecule is Cc1ccc(OC[C@@H](O)CN2CCN(c3cccc(Cl)c3)CC2)cc1C. The maximum atomic E-state index is 10.3. The van der Waals surface area contributed by atoms with Crippen molar-refractivity contribution in [3.8, 4) is 5.75 Å². The van der Waals surface area contributed by atoms with E-state index in [2.05, 4.69) is 29.7 Å². The molecule has 0 bridgehead atoms. The minimum atomic E-state index is -0.491. The Labute approximate surface area is 160 Å². The van der Waals surface area contributed by atoms with Crippen LogP contribution in [0.5, 0.6) is 5.75 Å². The van der Waals surface area contributed by atoms with Crippen molar-refractivity contribution in [1.82, 2.24) is 4.90 Å². The first kappa shape index (κ1) is 19.0. The molecule has 1 fully saturated rings. The van der Waals surface area contributed by atoms with Crippen molar-refractivity contribution in [3.63, 3.8) is 0 Å². The number of aryl methyl sites for hydroxylation is 2. The highest BCUT2D eigenvalue weighted by molar-refractivity contribution is 6.30. The molecule has 2 aromatic rings. The molecule has 0 spiro atoms. The van der Waals surface area contributed by atoms with Crippen LogP contribution in [-0.4, -0.2) is 55.4 Å². The quantitative estimate of drug-likeness (QED) is 0.839. The number of piperazine rings is 1. The standard InChI is InChI=1S/C21H27ClN2O2/c1-16-6-7-21(12-17(16)2)26-15-20(25)14-23-8-10-24(11-9-23)19-5-3-4-18(22)13-19/h3-7,12-13,20,25H,8-11,14-15H2,1-2H3/t20-/m0/s1. The summed E-state index contributed by atoms with van der Waals surface area (Å²) >= 11 is 6.08. The third kappa shape index (κ3) is 5.13. The fraction of sp³-hybridized carbons (Fsp3) is 0.429. The summed E-state index contributed by atoms with van der Waals surface area (Å²) in [5.41, 5.74) is 3.61. The highest BCUT2D eigenvalue weighted by Crippen LogP contribution is 2.21. The highest BCUT2D eigenvalue weighted by Gasteiger charge is 2.20. The van der Waals surface area contributed by atoms with Crippen LogP contribution in [-0.2, 0) is 0 Å². The largest absolute Gasteiger partial charge is 0.491 e. The van der Waals surface area contributed by atoms with Gasteiger partial charge < -0.3 is 14.7 Å². The average Bonchev–Trinajstić information content (AvgIpc) is 2.63. The molecule has 0 aliphatic carbocycles. The molecule has 1 N–H and O–H groups in total. The lowest BCUT2D eigenvalue weighted by molar-refractivity contribution is 0.0663. The molecule has 0 saturated carbocycles. The van der Waals surface area contributed by atoms with E-state index in [0.29, 0.717) is 13.2 Å². The molecule has 26 heavy (non-hydrogen) atoms. The number of hydrogen-bond donors (Lipinski definition) is 1. The Morgan fingerprint density at radius 1 is 1.04 bits per heavy atom. The van der Waals surface area contributed by atoms with Gasteiger partial charge in [0, 0.05) is 43.4 Å². The van der Waals surface area contributed by atoms with Gasteiger partial charge in [0.15, 0.2) is 0 Å². The number of β-amino-alcohol motifs (C(OH)–C–C–N with tert-alkyl or cyclic N) is 1. The van der Waals surface area contributed by atoms with Crippen LogP contribution in [0.1, 0.15) is 11.1 Å². The predicted molar refractivity (Wildman–Crippen MR) is 108 cm³/mol. The summed E-state index contributed by atoms with van der Waals surface area (Å²) in [6.45, 7) is 8.82. The summed E-state index contributed by atoms with van der Waals surface area (Å²) in [5, 5.41) is 11.1. The average molecular weight is 375 g/mol. The van der Waals surface area contributed by atoms with E-state index in [0.717, 1.165) is 42.6 Å². The zero-order chi connectivity index (χ0) is 18.5. The molecule has 4 nitrogen and oxygen atoms in total. The molecular formula is C21H27ClN2O2. The van der Waals surface area contributed by atoms with Crippen LogP contribution in [0.4, 0.5) is 5.69 Å². The van der Waals surface area contributed by atoms with Crippen LogP contribution in [0.15, 0.2) is 42.5 Å². The number of benzene rings is 2. The van der Waals surface area contributed by atoms with Gasteiger partial charge in [-0.05, 0) is 55.3 Å². The Morgan fingerprint density at radius 2 is 1.81 bits per heavy atom. The van der Waals surface area contributed by atoms with Crippen molar-refractivity contribution >= 4 is 17.3 Å². The summed E-state index contributed by atoms with van der Waals surface area (Å²) in [7, 11) is 0. The summed E-state index contributed by atoms with van der Waals surface area (Å²) in [6, 6.07) is 14.0. The van der Waals surface area contributed by atoms with Crippen molar-refractivity contribution in [2.45, 2.75) is 20.0 Å². The molecule has 1 heterocycles. The van der Waals surface area contributed by atoms with Gasteiger partial charge in [-0.3, -0.25) is 4.90 Å². The summed E-state index contributed by atoms with van der Waals surface area (Å²) < 4.78 is 5.75. The molecule has 1 aliphatic rings. The van der Waals surface area contributed by atoms with Crippen molar-refractivity contribution < 1.29 is 9.84 Å². The van der Waals surface area contributed by atoms with E-state index in [1.54, 1.807) is 0 Å². The lowest BCUT2D eigenvalue weighted by Crippen LogP contribution is -2.49. The molecule has 0 radical (unpaired) electrons. The van der Waals surface area contributed by atoms with Crippen LogP contribution in [0.25, 0.3) is 0 Å². The molecular weight excluding hydrogens is 348 g/mol. The lowest BCUT2D eigenvalue weighted by Gasteiger charge is -2.36. The topological polar surface area (TPSA) is 35.9 Å². The van der Waals surface area contributed by atoms with Crippen LogP contribution >= 0.6 is 11.6 Å². The van der Waals surface area contributed by atoms with Gasteiger partial charge >= 0.3 is 0 Å². The zero-order valence-corrected chi connectivity index (χ0v) is 16.2. The summed E-state index contributed by atoms with van der Waals surface area (Å²) in [5.74, 6) is 0.818. The molecule has 1 atom stereocenters. The second-order valence-electron chi connectivity index (χ2n) is 6.98. The fourth-order valence-corrected chi connectivity index (χ4v) is 3.39. The number of aliphatic hydroxyl groups excluding tert-OH is 1. The van der Waals surface area contributed by atoms with Gasteiger partial charge in [0.2, 0.25) is 0 Å². The van der Waals surface area contributed by atoms with Crippen molar-refractivity contribution in [3.05, 3.63) is 58.6 Å². The van der Waals surface area contributed by atoms with Gasteiger partial charge in [-0.1, -0.05) is 23.7 Å². The van der Waals surface area contributed by atoms with Crippen molar-refractivity contribution in [2.75, 3.05) is 44.2 Å². The maximum Gasteiger partial charge on any atom is 0.119 e. The van der Waals surface area contributed by atoms with E-state index < -0.39 is 6.10 Å². The first-order valence-electron chi connectivity index (χ1n) is 9.12. The summed E-state index contributed by atoms with van der Waals surface area (Å²) in [6.07, 6.45) is -0.491. The highest BCUT2D eigenvalue weighted by atomic mass is 35.5. The normalized spacial score (nSPS) is 16.5. The van der Waals surface area contributed by atoms with E-state index >= 15 is 0 Å². The zero-order valence-electron chi connectivity index (χ0n) is 15.5. The van der Waals surface area contributed by atoms with E-state index in [-0.39, 0.29) is 0 Å². The predicted octanol–water partition coefficient (Wildman–Crippen LogP) is 3.52. The molecule has 140 valence electrons. The number of anilines is 1. The van der Waals surface area contributed by atoms with E-state index in [1.165, 1.54) is 11.1 Å². The Balaban J connectivity index is 1.43. The van der Waals surface area contributed by atoms with Gasteiger partial charge in [-0.2, -0.15) is 0 Å². The number of hydrogen-bond acceptors (Lipinski definition) is 4. The number of ether oxygens (including phenoxy) is 1. The first-order valence-corrected chi connectivity index (χ1v) is 9.50. The van der Waals surface area contributed by atoms with E-state index in [4.69, 9.17) is 16.3 Å². The maximum absolute atomic E-state index is 10.3. The minimum absolute atomic E-state index is 0.316. The molecule has 3 rings (SSSR count). The Morgan fingerprint density at radius 3 is 2.50 bits per heavy atom. The number of nitrogens with zero attached hydrogens (tertiary/aromatic N) is 2. The third-order valence-corrected chi connectivity index (χ3v) is 5.17. The number of rotatable bonds is 6. The second kappa shape index (κ2) is 8.76. The van der Waals surface area contributed by atoms with E-state index in [9.17, 15) is 5.11 Å². The molecule has 1 saturated heterocycles. The Hall–Kier alpha value is -1.75. The number of aliphatic hydroxyl groups is 1. The van der Waals surface area contributed by atoms with Gasteiger partial charge in [0.25, 0.3) is 0 Å². The molecule has 2 aromatic carbocycles. The second-order valence-corrected chi connectivity index (χ2v) is 7.41. The van der Waals surface area contributed by atoms with Crippen LogP contribution in [0.2, 0.25) is 5.02 Å². The molecule has 0 amide bonds. The minimum Gasteiger partial charge on any atom is -0.491 e. The van der Waals surface area contributed by atoms with Crippen molar-refractivity contribution in [2.24, 2.45) is 0 Å². The lowest BCUT2D eigenvalue weighted by atomic mass is 10.1. The van der Waals surface area contributed by atoms with Gasteiger partial charge in [-0.15, -0.1) is 0 Å². The first-order chi connectivity index (χ1) is 12.5. The van der Waals surface area contributed by atoms with Gasteiger partial charge in [-0.25, -0.2) is 0 Å². The smallest absolute Gasteiger partial charge is 0.119 e. The fourth-order valence-electron chi connectivity index (χ4n) is 3.21. The molecule has 1 aliphatic heterocycles. The van der Waals surface area contributed by atoms with Crippen LogP contribution < -0.4 is 9.64 Å². The Kier molecular flexibility index (Phi) is 6.41.